The first-order valence-corrected chi connectivity index (χ1v) is 5.05. The second kappa shape index (κ2) is 5.67. The Hall–Kier alpha value is -1.14. The molecule has 1 aliphatic heterocycles. The number of rotatable bonds is 4. The van der Waals surface area contributed by atoms with Crippen LogP contribution >= 0.6 is 11.6 Å². The van der Waals surface area contributed by atoms with Gasteiger partial charge in [-0.2, -0.15) is 0 Å². The molecule has 1 fully saturated rings. The first kappa shape index (κ1) is 11.9. The van der Waals surface area contributed by atoms with Gasteiger partial charge in [-0.1, -0.05) is 11.6 Å². The molecule has 0 amide bonds. The van der Waals surface area contributed by atoms with Crippen LogP contribution in [0.25, 0.3) is 0 Å². The summed E-state index contributed by atoms with van der Waals surface area (Å²) in [5.41, 5.74) is -0.393. The van der Waals surface area contributed by atoms with Gasteiger partial charge in [0, 0.05) is 6.04 Å². The van der Waals surface area contributed by atoms with E-state index in [-0.39, 0.29) is 6.04 Å². The van der Waals surface area contributed by atoms with Crippen molar-refractivity contribution in [2.24, 2.45) is 0 Å². The van der Waals surface area contributed by atoms with Crippen molar-refractivity contribution in [1.82, 2.24) is 10.6 Å². The average Bonchev–Trinajstić information content (AvgIpc) is 2.18. The summed E-state index contributed by atoms with van der Waals surface area (Å²) in [6.45, 7) is 1.80. The SMILES string of the molecule is N=C(Cl)/C(=C\NC1CCNCC1)[N+](=O)[O-]. The summed E-state index contributed by atoms with van der Waals surface area (Å²) in [5.74, 6) is 0. The van der Waals surface area contributed by atoms with Crippen LogP contribution in [0.3, 0.4) is 0 Å². The van der Waals surface area contributed by atoms with E-state index in [9.17, 15) is 10.1 Å². The fourth-order valence-electron chi connectivity index (χ4n) is 1.38. The van der Waals surface area contributed by atoms with E-state index in [1.54, 1.807) is 0 Å². The highest BCUT2D eigenvalue weighted by Gasteiger charge is 2.17. The molecule has 0 aromatic rings. The summed E-state index contributed by atoms with van der Waals surface area (Å²) < 4.78 is 0. The van der Waals surface area contributed by atoms with E-state index >= 15 is 0 Å². The fraction of sp³-hybridized carbons (Fsp3) is 0.625. The van der Waals surface area contributed by atoms with Gasteiger partial charge in [-0.05, 0) is 25.9 Å². The highest BCUT2D eigenvalue weighted by molar-refractivity contribution is 6.68. The second-order valence-electron chi connectivity index (χ2n) is 3.29. The van der Waals surface area contributed by atoms with Crippen molar-refractivity contribution in [3.8, 4) is 0 Å². The Labute approximate surface area is 92.3 Å². The molecule has 7 heteroatoms. The molecule has 0 spiro atoms. The largest absolute Gasteiger partial charge is 0.382 e. The molecule has 0 bridgehead atoms. The van der Waals surface area contributed by atoms with Crippen LogP contribution in [0.2, 0.25) is 0 Å². The standard InChI is InChI=1S/C8H13ClN4O2/c9-8(10)7(13(14)15)5-12-6-1-3-11-4-2-6/h5-6,10-12H,1-4H2/b7-5+,10-8?. The molecule has 0 aromatic carbocycles. The minimum atomic E-state index is -0.663. The van der Waals surface area contributed by atoms with Gasteiger partial charge in [-0.15, -0.1) is 0 Å². The average molecular weight is 233 g/mol. The Balaban J connectivity index is 2.52. The number of piperidine rings is 1. The van der Waals surface area contributed by atoms with Crippen molar-refractivity contribution in [3.63, 3.8) is 0 Å². The maximum atomic E-state index is 10.5. The molecule has 1 rings (SSSR count). The number of hydrogen-bond acceptors (Lipinski definition) is 5. The quantitative estimate of drug-likeness (QED) is 0.377. The molecule has 0 radical (unpaired) electrons. The Morgan fingerprint density at radius 1 is 1.60 bits per heavy atom. The fourth-order valence-corrected chi connectivity index (χ4v) is 1.51. The first-order chi connectivity index (χ1) is 7.11. The molecule has 1 heterocycles. The number of halogens is 1. The number of nitrogens with zero attached hydrogens (tertiary/aromatic N) is 1. The third kappa shape index (κ3) is 3.85. The van der Waals surface area contributed by atoms with Crippen LogP contribution in [0.4, 0.5) is 0 Å². The van der Waals surface area contributed by atoms with Crippen molar-refractivity contribution >= 4 is 16.8 Å². The Morgan fingerprint density at radius 2 is 2.20 bits per heavy atom. The van der Waals surface area contributed by atoms with Crippen LogP contribution in [0, 0.1) is 15.5 Å². The van der Waals surface area contributed by atoms with Gasteiger partial charge in [0.05, 0.1) is 11.1 Å². The van der Waals surface area contributed by atoms with E-state index in [4.69, 9.17) is 17.0 Å². The third-order valence-electron chi connectivity index (χ3n) is 2.22. The predicted octanol–water partition coefficient (Wildman–Crippen LogP) is 0.662. The predicted molar refractivity (Wildman–Crippen MR) is 57.7 cm³/mol. The van der Waals surface area contributed by atoms with Gasteiger partial charge in [0.1, 0.15) is 0 Å². The molecule has 0 aliphatic carbocycles. The summed E-state index contributed by atoms with van der Waals surface area (Å²) in [7, 11) is 0. The first-order valence-electron chi connectivity index (χ1n) is 4.67. The minimum Gasteiger partial charge on any atom is -0.382 e. The summed E-state index contributed by atoms with van der Waals surface area (Å²) in [4.78, 5) is 9.81. The van der Waals surface area contributed by atoms with Crippen molar-refractivity contribution in [2.45, 2.75) is 18.9 Å². The van der Waals surface area contributed by atoms with E-state index in [2.05, 4.69) is 10.6 Å². The zero-order chi connectivity index (χ0) is 11.3. The van der Waals surface area contributed by atoms with E-state index in [1.807, 2.05) is 0 Å². The van der Waals surface area contributed by atoms with Crippen molar-refractivity contribution in [1.29, 1.82) is 5.41 Å². The monoisotopic (exact) mass is 232 g/mol. The minimum absolute atomic E-state index is 0.220. The van der Waals surface area contributed by atoms with Gasteiger partial charge in [-0.3, -0.25) is 15.5 Å². The maximum absolute atomic E-state index is 10.5. The van der Waals surface area contributed by atoms with Crippen LogP contribution in [0.1, 0.15) is 12.8 Å². The number of nitro groups is 1. The van der Waals surface area contributed by atoms with Gasteiger partial charge < -0.3 is 10.6 Å². The Kier molecular flexibility index (Phi) is 4.51. The van der Waals surface area contributed by atoms with E-state index in [0.717, 1.165) is 25.9 Å². The molecule has 1 saturated heterocycles. The topological polar surface area (TPSA) is 91.1 Å². The lowest BCUT2D eigenvalue weighted by molar-refractivity contribution is -0.415. The van der Waals surface area contributed by atoms with Crippen molar-refractivity contribution < 1.29 is 4.92 Å². The van der Waals surface area contributed by atoms with E-state index in [0.29, 0.717) is 0 Å². The zero-order valence-corrected chi connectivity index (χ0v) is 8.88. The van der Waals surface area contributed by atoms with Crippen molar-refractivity contribution in [3.05, 3.63) is 22.0 Å². The van der Waals surface area contributed by atoms with Crippen molar-refractivity contribution in [2.75, 3.05) is 13.1 Å². The van der Waals surface area contributed by atoms with E-state index in [1.165, 1.54) is 6.20 Å². The normalized spacial score (nSPS) is 18.6. The van der Waals surface area contributed by atoms with Gasteiger partial charge >= 0.3 is 5.70 Å². The molecule has 0 unspecified atom stereocenters. The van der Waals surface area contributed by atoms with Gasteiger partial charge in [0.25, 0.3) is 0 Å². The smallest absolute Gasteiger partial charge is 0.321 e. The van der Waals surface area contributed by atoms with Gasteiger partial charge in [0.15, 0.2) is 0 Å². The second-order valence-corrected chi connectivity index (χ2v) is 3.67. The highest BCUT2D eigenvalue weighted by atomic mass is 35.5. The number of allylic oxidation sites excluding steroid dienone is 1. The molecular weight excluding hydrogens is 220 g/mol. The maximum Gasteiger partial charge on any atom is 0.321 e. The lowest BCUT2D eigenvalue weighted by atomic mass is 10.1. The van der Waals surface area contributed by atoms with Gasteiger partial charge in [-0.25, -0.2) is 0 Å². The number of nitrogens with one attached hydrogen (secondary N) is 3. The molecule has 0 atom stereocenters. The van der Waals surface area contributed by atoms with E-state index < -0.39 is 15.8 Å². The number of hydrogen-bond donors (Lipinski definition) is 3. The summed E-state index contributed by atoms with van der Waals surface area (Å²) in [6.07, 6.45) is 3.04. The van der Waals surface area contributed by atoms with Crippen LogP contribution in [0.15, 0.2) is 11.9 Å². The summed E-state index contributed by atoms with van der Waals surface area (Å²) >= 11 is 5.28. The van der Waals surface area contributed by atoms with Crippen LogP contribution in [-0.4, -0.2) is 29.2 Å². The molecular formula is C8H13ClN4O2. The molecule has 0 saturated carbocycles. The Morgan fingerprint density at radius 3 is 2.67 bits per heavy atom. The molecule has 0 aromatic heterocycles. The van der Waals surface area contributed by atoms with Crippen LogP contribution in [0.5, 0.6) is 0 Å². The molecule has 84 valence electrons. The highest BCUT2D eigenvalue weighted by Crippen LogP contribution is 2.05. The molecule has 1 aliphatic rings. The molecule has 6 nitrogen and oxygen atoms in total. The van der Waals surface area contributed by atoms with Crippen LogP contribution in [-0.2, 0) is 0 Å². The third-order valence-corrected chi connectivity index (χ3v) is 2.41. The zero-order valence-electron chi connectivity index (χ0n) is 8.12. The lowest BCUT2D eigenvalue weighted by Gasteiger charge is -2.22. The molecule has 15 heavy (non-hydrogen) atoms. The summed E-state index contributed by atoms with van der Waals surface area (Å²) in [5, 5.41) is 23.0. The Bertz CT molecular complexity index is 270. The van der Waals surface area contributed by atoms with Crippen LogP contribution < -0.4 is 10.6 Å². The molecule has 3 N–H and O–H groups in total. The lowest BCUT2D eigenvalue weighted by Crippen LogP contribution is -2.38. The summed E-state index contributed by atoms with van der Waals surface area (Å²) in [6, 6.07) is 0.220. The van der Waals surface area contributed by atoms with Gasteiger partial charge in [0.2, 0.25) is 5.17 Å².